The van der Waals surface area contributed by atoms with E-state index in [0.29, 0.717) is 17.1 Å². The van der Waals surface area contributed by atoms with E-state index in [9.17, 15) is 10.1 Å². The van der Waals surface area contributed by atoms with Gasteiger partial charge in [-0.3, -0.25) is 10.1 Å². The van der Waals surface area contributed by atoms with Crippen LogP contribution in [0.2, 0.25) is 0 Å². The highest BCUT2D eigenvalue weighted by molar-refractivity contribution is 5.61. The Hall–Kier alpha value is -3.25. The highest BCUT2D eigenvalue weighted by Crippen LogP contribution is 2.29. The van der Waals surface area contributed by atoms with Crippen molar-refractivity contribution in [3.05, 3.63) is 69.1 Å². The Kier molecular flexibility index (Phi) is 4.01. The maximum absolute atomic E-state index is 10.5. The molecule has 0 heterocycles. The van der Waals surface area contributed by atoms with Crippen molar-refractivity contribution in [3.8, 4) is 0 Å². The van der Waals surface area contributed by atoms with Crippen LogP contribution in [0.4, 0.5) is 22.7 Å². The average Bonchev–Trinajstić information content (AvgIpc) is 2.47. The molecule has 0 aromatic heterocycles. The Morgan fingerprint density at radius 1 is 1.00 bits per heavy atom. The average molecular weight is 268 g/mol. The van der Waals surface area contributed by atoms with E-state index < -0.39 is 4.92 Å². The monoisotopic (exact) mass is 268 g/mol. The van der Waals surface area contributed by atoms with Crippen molar-refractivity contribution < 1.29 is 4.92 Å². The second-order valence-electron chi connectivity index (χ2n) is 3.65. The molecule has 0 aliphatic carbocycles. The molecule has 8 nitrogen and oxygen atoms in total. The topological polar surface area (TPSA) is 117 Å². The van der Waals surface area contributed by atoms with Gasteiger partial charge in [0.05, 0.1) is 22.0 Å². The van der Waals surface area contributed by atoms with Gasteiger partial charge in [-0.15, -0.1) is 0 Å². The molecule has 0 aliphatic heterocycles. The molecule has 0 saturated carbocycles. The van der Waals surface area contributed by atoms with E-state index in [1.54, 1.807) is 24.3 Å². The van der Waals surface area contributed by atoms with Crippen LogP contribution >= 0.6 is 0 Å². The molecule has 0 atom stereocenters. The largest absolute Gasteiger partial charge is 0.269 e. The molecular weight excluding hydrogens is 260 g/mol. The van der Waals surface area contributed by atoms with Crippen molar-refractivity contribution in [1.82, 2.24) is 0 Å². The highest BCUT2D eigenvalue weighted by atomic mass is 16.6. The third kappa shape index (κ3) is 3.15. The molecule has 2 aromatic rings. The first-order chi connectivity index (χ1) is 9.70. The minimum absolute atomic E-state index is 0.0153. The SMILES string of the molecule is [N-]=[N+]=Nc1ccccc1N=Nc1ccc([N+](=O)[O-])cc1. The molecule has 98 valence electrons. The quantitative estimate of drug-likeness (QED) is 0.256. The molecule has 0 bridgehead atoms. The lowest BCUT2D eigenvalue weighted by Gasteiger charge is -1.97. The zero-order valence-electron chi connectivity index (χ0n) is 10.1. The molecule has 2 rings (SSSR count). The highest BCUT2D eigenvalue weighted by Gasteiger charge is 2.03. The number of non-ortho nitro benzene ring substituents is 1. The van der Waals surface area contributed by atoms with Crippen LogP contribution in [0.15, 0.2) is 63.9 Å². The van der Waals surface area contributed by atoms with Gasteiger partial charge in [0.25, 0.3) is 5.69 Å². The van der Waals surface area contributed by atoms with Crippen LogP contribution < -0.4 is 0 Å². The number of benzene rings is 2. The Morgan fingerprint density at radius 2 is 1.65 bits per heavy atom. The smallest absolute Gasteiger partial charge is 0.258 e. The summed E-state index contributed by atoms with van der Waals surface area (Å²) in [4.78, 5) is 12.7. The van der Waals surface area contributed by atoms with Crippen LogP contribution in [0.5, 0.6) is 0 Å². The van der Waals surface area contributed by atoms with E-state index >= 15 is 0 Å². The lowest BCUT2D eigenvalue weighted by atomic mass is 10.3. The van der Waals surface area contributed by atoms with Crippen molar-refractivity contribution in [2.24, 2.45) is 15.3 Å². The second kappa shape index (κ2) is 6.07. The lowest BCUT2D eigenvalue weighted by molar-refractivity contribution is -0.384. The van der Waals surface area contributed by atoms with Gasteiger partial charge < -0.3 is 0 Å². The summed E-state index contributed by atoms with van der Waals surface area (Å²) in [5, 5.41) is 21.9. The fourth-order valence-electron chi connectivity index (χ4n) is 1.43. The predicted molar refractivity (Wildman–Crippen MR) is 72.5 cm³/mol. The zero-order valence-corrected chi connectivity index (χ0v) is 10.1. The predicted octanol–water partition coefficient (Wildman–Crippen LogP) is 4.95. The van der Waals surface area contributed by atoms with Gasteiger partial charge in [-0.2, -0.15) is 10.2 Å². The van der Waals surface area contributed by atoms with Gasteiger partial charge in [-0.1, -0.05) is 23.3 Å². The normalized spacial score (nSPS) is 10.2. The summed E-state index contributed by atoms with van der Waals surface area (Å²) in [5.74, 6) is 0. The van der Waals surface area contributed by atoms with Gasteiger partial charge in [0, 0.05) is 17.0 Å². The number of nitro groups is 1. The number of nitrogens with zero attached hydrogens (tertiary/aromatic N) is 6. The molecule has 0 aliphatic rings. The standard InChI is InChI=1S/C12H8N6O2/c13-17-16-12-4-2-1-3-11(12)15-14-9-5-7-10(8-6-9)18(19)20/h1-8H. The Morgan fingerprint density at radius 3 is 2.25 bits per heavy atom. The first-order valence-electron chi connectivity index (χ1n) is 5.51. The number of hydrogen-bond acceptors (Lipinski definition) is 5. The lowest BCUT2D eigenvalue weighted by Crippen LogP contribution is -1.85. The maximum Gasteiger partial charge on any atom is 0.269 e. The van der Waals surface area contributed by atoms with Crippen molar-refractivity contribution in [1.29, 1.82) is 0 Å². The summed E-state index contributed by atoms with van der Waals surface area (Å²) < 4.78 is 0. The van der Waals surface area contributed by atoms with E-state index in [0.717, 1.165) is 0 Å². The molecule has 0 unspecified atom stereocenters. The minimum atomic E-state index is -0.488. The number of azo groups is 1. The zero-order chi connectivity index (χ0) is 14.4. The molecule has 2 aromatic carbocycles. The van der Waals surface area contributed by atoms with Crippen molar-refractivity contribution in [2.75, 3.05) is 0 Å². The van der Waals surface area contributed by atoms with Crippen LogP contribution in [0.3, 0.4) is 0 Å². The van der Waals surface area contributed by atoms with E-state index in [1.165, 1.54) is 24.3 Å². The van der Waals surface area contributed by atoms with Gasteiger partial charge in [0.2, 0.25) is 0 Å². The van der Waals surface area contributed by atoms with Crippen LogP contribution in [0.25, 0.3) is 10.4 Å². The molecule has 8 heteroatoms. The Labute approximate surface area is 113 Å². The molecule has 0 fully saturated rings. The van der Waals surface area contributed by atoms with Crippen molar-refractivity contribution in [2.45, 2.75) is 0 Å². The number of hydrogen-bond donors (Lipinski definition) is 0. The number of rotatable bonds is 4. The van der Waals surface area contributed by atoms with Crippen LogP contribution in [-0.4, -0.2) is 4.92 Å². The molecule has 0 radical (unpaired) electrons. The van der Waals surface area contributed by atoms with Crippen molar-refractivity contribution in [3.63, 3.8) is 0 Å². The first-order valence-corrected chi connectivity index (χ1v) is 5.51. The van der Waals surface area contributed by atoms with Crippen LogP contribution in [0, 0.1) is 10.1 Å². The van der Waals surface area contributed by atoms with Gasteiger partial charge in [-0.25, -0.2) is 0 Å². The Balaban J connectivity index is 2.25. The fourth-order valence-corrected chi connectivity index (χ4v) is 1.43. The molecule has 0 amide bonds. The van der Waals surface area contributed by atoms with Gasteiger partial charge in [0.15, 0.2) is 0 Å². The van der Waals surface area contributed by atoms with Gasteiger partial charge in [0.1, 0.15) is 0 Å². The summed E-state index contributed by atoms with van der Waals surface area (Å²) in [5.41, 5.74) is 9.66. The Bertz CT molecular complexity index is 704. The summed E-state index contributed by atoms with van der Waals surface area (Å²) >= 11 is 0. The molecular formula is C12H8N6O2. The van der Waals surface area contributed by atoms with Crippen molar-refractivity contribution >= 4 is 22.7 Å². The van der Waals surface area contributed by atoms with Crippen LogP contribution in [-0.2, 0) is 0 Å². The summed E-state index contributed by atoms with van der Waals surface area (Å²) in [6.45, 7) is 0. The fraction of sp³-hybridized carbons (Fsp3) is 0. The maximum atomic E-state index is 10.5. The molecule has 0 saturated heterocycles. The summed E-state index contributed by atoms with van der Waals surface area (Å²) in [6, 6.07) is 12.4. The number of azide groups is 1. The second-order valence-corrected chi connectivity index (χ2v) is 3.65. The molecule has 20 heavy (non-hydrogen) atoms. The summed E-state index contributed by atoms with van der Waals surface area (Å²) in [6.07, 6.45) is 0. The third-order valence-electron chi connectivity index (χ3n) is 2.37. The van der Waals surface area contributed by atoms with E-state index in [2.05, 4.69) is 20.3 Å². The molecule has 0 spiro atoms. The van der Waals surface area contributed by atoms with E-state index in [-0.39, 0.29) is 5.69 Å². The van der Waals surface area contributed by atoms with Crippen LogP contribution in [0.1, 0.15) is 0 Å². The summed E-state index contributed by atoms with van der Waals surface area (Å²) in [7, 11) is 0. The third-order valence-corrected chi connectivity index (χ3v) is 2.37. The number of nitro benzene ring substituents is 1. The van der Waals surface area contributed by atoms with E-state index in [4.69, 9.17) is 5.53 Å². The first kappa shape index (κ1) is 13.2. The minimum Gasteiger partial charge on any atom is -0.258 e. The van der Waals surface area contributed by atoms with Gasteiger partial charge >= 0.3 is 0 Å². The van der Waals surface area contributed by atoms with E-state index in [1.807, 2.05) is 0 Å². The van der Waals surface area contributed by atoms with Gasteiger partial charge in [-0.05, 0) is 23.7 Å². The molecule has 0 N–H and O–H groups in total.